The average molecular weight is 623 g/mol. The molecule has 6 aromatic rings. The molecule has 1 N–H and O–H groups in total. The summed E-state index contributed by atoms with van der Waals surface area (Å²) in [5.74, 6) is -0.403. The van der Waals surface area contributed by atoms with Crippen molar-refractivity contribution in [1.29, 1.82) is 0 Å². The summed E-state index contributed by atoms with van der Waals surface area (Å²) in [6.45, 7) is 11.2. The maximum Gasteiger partial charge on any atom is 0.335 e. The lowest BCUT2D eigenvalue weighted by Crippen LogP contribution is -2.45. The predicted octanol–water partition coefficient (Wildman–Crippen LogP) is 9.45. The molecule has 0 spiro atoms. The van der Waals surface area contributed by atoms with E-state index in [9.17, 15) is 4.79 Å². The van der Waals surface area contributed by atoms with Gasteiger partial charge < -0.3 is 14.7 Å². The smallest absolute Gasteiger partial charge is 0.335 e. The molecule has 2 aliphatic rings. The van der Waals surface area contributed by atoms with Gasteiger partial charge in [0.2, 0.25) is 0 Å². The fraction of sp³-hybridized carbons (Fsp3) is 0.286. The molecule has 1 aliphatic carbocycles. The summed E-state index contributed by atoms with van der Waals surface area (Å²) in [5, 5.41) is 15.1. The number of fused-ring (bicyclic) bond motifs is 6. The van der Waals surface area contributed by atoms with Crippen LogP contribution in [-0.2, 0) is 17.6 Å². The summed E-state index contributed by atoms with van der Waals surface area (Å²) >= 11 is 0. The molecule has 5 aromatic carbocycles. The van der Waals surface area contributed by atoms with Crippen molar-refractivity contribution < 1.29 is 14.6 Å². The number of hydrogen-bond donors (Lipinski definition) is 1. The summed E-state index contributed by atoms with van der Waals surface area (Å²) in [7, 11) is 0. The molecule has 238 valence electrons. The number of ether oxygens (including phenoxy) is 1. The highest BCUT2D eigenvalue weighted by Gasteiger charge is 2.37. The van der Waals surface area contributed by atoms with Gasteiger partial charge in [-0.15, -0.1) is 0 Å². The zero-order valence-corrected chi connectivity index (χ0v) is 27.6. The molecule has 5 heteroatoms. The zero-order chi connectivity index (χ0) is 32.7. The van der Waals surface area contributed by atoms with Crippen LogP contribution in [0.1, 0.15) is 60.7 Å². The number of carboxylic acids is 1. The number of rotatable bonds is 3. The van der Waals surface area contributed by atoms with Crippen molar-refractivity contribution in [1.82, 2.24) is 4.98 Å². The van der Waals surface area contributed by atoms with Crippen LogP contribution < -0.4 is 4.90 Å². The van der Waals surface area contributed by atoms with Crippen molar-refractivity contribution in [2.75, 3.05) is 18.0 Å². The minimum absolute atomic E-state index is 0.192. The first-order valence-electron chi connectivity index (χ1n) is 16.7. The van der Waals surface area contributed by atoms with Crippen LogP contribution in [0.25, 0.3) is 32.4 Å². The number of morpholine rings is 1. The highest BCUT2D eigenvalue weighted by molar-refractivity contribution is 6.08. The van der Waals surface area contributed by atoms with Crippen LogP contribution in [0.5, 0.6) is 0 Å². The SMILES string of the molecule is CC1CN(c2cccc(C3Cc4ccc5c(ccc6ccccc65)c4CC3(C)C)c2)CC(C)O1.O=C(O)c1ccc2ncccc2c1. The third kappa shape index (κ3) is 6.20. The maximum atomic E-state index is 10.6. The van der Waals surface area contributed by atoms with E-state index in [0.29, 0.717) is 11.5 Å². The second kappa shape index (κ2) is 12.5. The van der Waals surface area contributed by atoms with Gasteiger partial charge in [0.1, 0.15) is 0 Å². The normalized spacial score (nSPS) is 20.4. The van der Waals surface area contributed by atoms with Gasteiger partial charge in [0.05, 0.1) is 23.3 Å². The van der Waals surface area contributed by atoms with Crippen LogP contribution in [0.15, 0.2) is 109 Å². The number of carboxylic acid groups (broad SMARTS) is 1. The highest BCUT2D eigenvalue weighted by atomic mass is 16.5. The lowest BCUT2D eigenvalue weighted by atomic mass is 9.63. The standard InChI is InChI=1S/C32H35NO.C10H7NO2/c1-21-19-33(20-22(2)34-21)26-10-7-9-25(16-26)31-17-24-13-15-28-27-11-6-5-8-23(27)12-14-29(28)30(24)18-32(31,3)4;12-10(13)8-3-4-9-7(6-8)2-1-5-11-9/h5-16,21-22,31H,17-20H2,1-4H3;1-6H,(H,12,13). The van der Waals surface area contributed by atoms with E-state index >= 15 is 0 Å². The molecule has 3 atom stereocenters. The second-order valence-electron chi connectivity index (χ2n) is 14.0. The van der Waals surface area contributed by atoms with Crippen LogP contribution in [0.2, 0.25) is 0 Å². The van der Waals surface area contributed by atoms with E-state index in [2.05, 4.69) is 110 Å². The number of nitrogens with zero attached hydrogens (tertiary/aromatic N) is 2. The van der Waals surface area contributed by atoms with Crippen LogP contribution in [0.3, 0.4) is 0 Å². The molecule has 1 aromatic heterocycles. The Bertz CT molecular complexity index is 2090. The summed E-state index contributed by atoms with van der Waals surface area (Å²) < 4.78 is 5.98. The van der Waals surface area contributed by atoms with Crippen LogP contribution in [0, 0.1) is 5.41 Å². The number of benzene rings is 5. The third-order valence-corrected chi connectivity index (χ3v) is 10.0. The van der Waals surface area contributed by atoms with Gasteiger partial charge in [-0.1, -0.05) is 80.6 Å². The van der Waals surface area contributed by atoms with Crippen molar-refractivity contribution >= 4 is 44.1 Å². The number of anilines is 1. The van der Waals surface area contributed by atoms with E-state index in [1.165, 1.54) is 38.4 Å². The van der Waals surface area contributed by atoms with E-state index < -0.39 is 5.97 Å². The Hall–Kier alpha value is -4.74. The molecule has 1 saturated heterocycles. The lowest BCUT2D eigenvalue weighted by molar-refractivity contribution is -0.00523. The zero-order valence-electron chi connectivity index (χ0n) is 27.6. The minimum Gasteiger partial charge on any atom is -0.478 e. The average Bonchev–Trinajstić information content (AvgIpc) is 3.07. The Kier molecular flexibility index (Phi) is 8.19. The molecule has 0 bridgehead atoms. The number of carbonyl (C=O) groups is 1. The van der Waals surface area contributed by atoms with Crippen molar-refractivity contribution in [3.05, 3.63) is 132 Å². The summed E-state index contributed by atoms with van der Waals surface area (Å²) in [5.41, 5.74) is 7.18. The summed E-state index contributed by atoms with van der Waals surface area (Å²) in [6, 6.07) is 36.0. The number of pyridine rings is 1. The maximum absolute atomic E-state index is 10.6. The number of aromatic carboxylic acids is 1. The van der Waals surface area contributed by atoms with E-state index in [0.717, 1.165) is 36.8 Å². The lowest BCUT2D eigenvalue weighted by Gasteiger charge is -2.41. The van der Waals surface area contributed by atoms with E-state index in [-0.39, 0.29) is 17.6 Å². The fourth-order valence-electron chi connectivity index (χ4n) is 7.78. The Balaban J connectivity index is 0.000000226. The van der Waals surface area contributed by atoms with Gasteiger partial charge >= 0.3 is 5.97 Å². The molecule has 1 aliphatic heterocycles. The molecular formula is C42H42N2O3. The largest absolute Gasteiger partial charge is 0.478 e. The number of hydrogen-bond acceptors (Lipinski definition) is 4. The molecule has 8 rings (SSSR count). The summed E-state index contributed by atoms with van der Waals surface area (Å²) in [4.78, 5) is 17.2. The highest BCUT2D eigenvalue weighted by Crippen LogP contribution is 2.48. The van der Waals surface area contributed by atoms with Crippen LogP contribution >= 0.6 is 0 Å². The van der Waals surface area contributed by atoms with Gasteiger partial charge in [0.15, 0.2) is 0 Å². The van der Waals surface area contributed by atoms with Crippen molar-refractivity contribution in [3.8, 4) is 0 Å². The first-order valence-corrected chi connectivity index (χ1v) is 16.7. The second-order valence-corrected chi connectivity index (χ2v) is 14.0. The molecule has 0 amide bonds. The Morgan fingerprint density at radius 1 is 0.809 bits per heavy atom. The molecule has 0 saturated carbocycles. The monoisotopic (exact) mass is 622 g/mol. The van der Waals surface area contributed by atoms with Gasteiger partial charge in [-0.05, 0) is 113 Å². The van der Waals surface area contributed by atoms with Gasteiger partial charge in [-0.2, -0.15) is 0 Å². The Labute approximate surface area is 276 Å². The van der Waals surface area contributed by atoms with Gasteiger partial charge in [0.25, 0.3) is 0 Å². The van der Waals surface area contributed by atoms with Crippen LogP contribution in [-0.4, -0.2) is 41.4 Å². The first kappa shape index (κ1) is 30.9. The van der Waals surface area contributed by atoms with Gasteiger partial charge in [-0.3, -0.25) is 4.98 Å². The predicted molar refractivity (Wildman–Crippen MR) is 193 cm³/mol. The quantitative estimate of drug-likeness (QED) is 0.199. The number of aromatic nitrogens is 1. The summed E-state index contributed by atoms with van der Waals surface area (Å²) in [6.07, 6.45) is 4.44. The molecule has 1 fully saturated rings. The topological polar surface area (TPSA) is 62.7 Å². The molecule has 2 heterocycles. The van der Waals surface area contributed by atoms with Crippen molar-refractivity contribution in [2.24, 2.45) is 5.41 Å². The van der Waals surface area contributed by atoms with E-state index in [1.807, 2.05) is 6.07 Å². The third-order valence-electron chi connectivity index (χ3n) is 10.0. The Morgan fingerprint density at radius 3 is 2.38 bits per heavy atom. The van der Waals surface area contributed by atoms with Crippen LogP contribution in [0.4, 0.5) is 5.69 Å². The van der Waals surface area contributed by atoms with Crippen molar-refractivity contribution in [3.63, 3.8) is 0 Å². The van der Waals surface area contributed by atoms with Gasteiger partial charge in [0, 0.05) is 30.4 Å². The molecular weight excluding hydrogens is 580 g/mol. The first-order chi connectivity index (χ1) is 22.7. The minimum atomic E-state index is -0.911. The molecule has 3 unspecified atom stereocenters. The van der Waals surface area contributed by atoms with Gasteiger partial charge in [-0.25, -0.2) is 4.79 Å². The molecule has 47 heavy (non-hydrogen) atoms. The Morgan fingerprint density at radius 2 is 1.57 bits per heavy atom. The van der Waals surface area contributed by atoms with E-state index in [4.69, 9.17) is 9.84 Å². The van der Waals surface area contributed by atoms with Crippen molar-refractivity contribution in [2.45, 2.75) is 58.7 Å². The molecule has 5 nitrogen and oxygen atoms in total. The fourth-order valence-corrected chi connectivity index (χ4v) is 7.78. The van der Waals surface area contributed by atoms with E-state index in [1.54, 1.807) is 36.0 Å². The molecule has 0 radical (unpaired) electrons.